The summed E-state index contributed by atoms with van der Waals surface area (Å²) in [6.45, 7) is 3.65. The Morgan fingerprint density at radius 2 is 2.20 bits per heavy atom. The van der Waals surface area contributed by atoms with Gasteiger partial charge in [-0.05, 0) is 56.9 Å². The predicted octanol–water partition coefficient (Wildman–Crippen LogP) is 1.89. The Morgan fingerprint density at radius 3 is 2.90 bits per heavy atom. The van der Waals surface area contributed by atoms with Gasteiger partial charge in [0, 0.05) is 0 Å². The SMILES string of the molecule is NCCC1CCN(Cc2nc(-c3ccco3)no2)CC1. The van der Waals surface area contributed by atoms with Crippen LogP contribution in [0.3, 0.4) is 0 Å². The smallest absolute Gasteiger partial charge is 0.241 e. The molecule has 0 amide bonds. The first-order valence-electron chi connectivity index (χ1n) is 7.14. The van der Waals surface area contributed by atoms with Gasteiger partial charge in [-0.1, -0.05) is 5.16 Å². The lowest BCUT2D eigenvalue weighted by molar-refractivity contribution is 0.156. The van der Waals surface area contributed by atoms with Crippen LogP contribution in [-0.4, -0.2) is 34.7 Å². The second-order valence-electron chi connectivity index (χ2n) is 5.29. The fourth-order valence-corrected chi connectivity index (χ4v) is 2.69. The maximum Gasteiger partial charge on any atom is 0.241 e. The summed E-state index contributed by atoms with van der Waals surface area (Å²) < 4.78 is 10.5. The molecular formula is C14H20N4O2. The average Bonchev–Trinajstić information content (AvgIpc) is 3.12. The van der Waals surface area contributed by atoms with Gasteiger partial charge >= 0.3 is 0 Å². The van der Waals surface area contributed by atoms with E-state index in [1.165, 1.54) is 12.8 Å². The summed E-state index contributed by atoms with van der Waals surface area (Å²) in [5, 5.41) is 3.95. The lowest BCUT2D eigenvalue weighted by atomic mass is 9.94. The highest BCUT2D eigenvalue weighted by atomic mass is 16.5. The Balaban J connectivity index is 1.54. The first-order valence-corrected chi connectivity index (χ1v) is 7.14. The van der Waals surface area contributed by atoms with Gasteiger partial charge < -0.3 is 14.7 Å². The number of aromatic nitrogens is 2. The number of hydrogen-bond donors (Lipinski definition) is 1. The van der Waals surface area contributed by atoms with Crippen LogP contribution in [0.15, 0.2) is 27.3 Å². The molecule has 20 heavy (non-hydrogen) atoms. The van der Waals surface area contributed by atoms with Gasteiger partial charge in [0.25, 0.3) is 0 Å². The van der Waals surface area contributed by atoms with E-state index in [0.717, 1.165) is 32.0 Å². The molecule has 108 valence electrons. The molecule has 0 atom stereocenters. The Labute approximate surface area is 117 Å². The Bertz CT molecular complexity index is 515. The maximum atomic E-state index is 5.61. The van der Waals surface area contributed by atoms with Gasteiger partial charge in [0.2, 0.25) is 11.7 Å². The number of rotatable bonds is 5. The highest BCUT2D eigenvalue weighted by Gasteiger charge is 2.20. The van der Waals surface area contributed by atoms with Crippen LogP contribution in [0.1, 0.15) is 25.2 Å². The first kappa shape index (κ1) is 13.3. The van der Waals surface area contributed by atoms with Gasteiger partial charge in [-0.25, -0.2) is 0 Å². The van der Waals surface area contributed by atoms with Crippen LogP contribution in [0.5, 0.6) is 0 Å². The van der Waals surface area contributed by atoms with Crippen LogP contribution in [0.2, 0.25) is 0 Å². The van der Waals surface area contributed by atoms with E-state index in [0.29, 0.717) is 24.0 Å². The fraction of sp³-hybridized carbons (Fsp3) is 0.571. The fourth-order valence-electron chi connectivity index (χ4n) is 2.69. The van der Waals surface area contributed by atoms with E-state index in [1.807, 2.05) is 12.1 Å². The molecule has 0 aromatic carbocycles. The zero-order chi connectivity index (χ0) is 13.8. The number of nitrogens with two attached hydrogens (primary N) is 1. The summed E-state index contributed by atoms with van der Waals surface area (Å²) in [5.74, 6) is 2.58. The Hall–Kier alpha value is -1.66. The molecule has 2 N–H and O–H groups in total. The molecule has 2 aromatic heterocycles. The molecule has 1 saturated heterocycles. The molecule has 1 aliphatic rings. The summed E-state index contributed by atoms with van der Waals surface area (Å²) in [6, 6.07) is 3.64. The highest BCUT2D eigenvalue weighted by Crippen LogP contribution is 2.22. The molecule has 0 spiro atoms. The van der Waals surface area contributed by atoms with E-state index in [9.17, 15) is 0 Å². The topological polar surface area (TPSA) is 81.3 Å². The molecule has 1 aliphatic heterocycles. The van der Waals surface area contributed by atoms with Crippen molar-refractivity contribution in [3.05, 3.63) is 24.3 Å². The lowest BCUT2D eigenvalue weighted by Gasteiger charge is -2.30. The summed E-state index contributed by atoms with van der Waals surface area (Å²) in [6.07, 6.45) is 5.15. The van der Waals surface area contributed by atoms with Crippen LogP contribution in [0.25, 0.3) is 11.6 Å². The monoisotopic (exact) mass is 276 g/mol. The minimum Gasteiger partial charge on any atom is -0.461 e. The van der Waals surface area contributed by atoms with Crippen LogP contribution < -0.4 is 5.73 Å². The molecule has 6 heteroatoms. The van der Waals surface area contributed by atoms with E-state index in [2.05, 4.69) is 15.0 Å². The van der Waals surface area contributed by atoms with Crippen molar-refractivity contribution in [2.75, 3.05) is 19.6 Å². The van der Waals surface area contributed by atoms with Crippen molar-refractivity contribution in [3.63, 3.8) is 0 Å². The molecule has 0 aliphatic carbocycles. The Morgan fingerprint density at radius 1 is 1.35 bits per heavy atom. The maximum absolute atomic E-state index is 5.61. The van der Waals surface area contributed by atoms with Gasteiger partial charge in [0.05, 0.1) is 12.8 Å². The average molecular weight is 276 g/mol. The van der Waals surface area contributed by atoms with Crippen LogP contribution in [0, 0.1) is 5.92 Å². The molecular weight excluding hydrogens is 256 g/mol. The number of nitrogens with zero attached hydrogens (tertiary/aromatic N) is 3. The third kappa shape index (κ3) is 3.08. The van der Waals surface area contributed by atoms with Crippen molar-refractivity contribution < 1.29 is 8.94 Å². The standard InChI is InChI=1S/C14H20N4O2/c15-6-3-11-4-7-18(8-5-11)10-13-16-14(17-20-13)12-2-1-9-19-12/h1-2,9,11H,3-8,10,15H2. The summed E-state index contributed by atoms with van der Waals surface area (Å²) >= 11 is 0. The Kier molecular flexibility index (Phi) is 4.13. The third-order valence-corrected chi connectivity index (χ3v) is 3.85. The predicted molar refractivity (Wildman–Crippen MR) is 73.7 cm³/mol. The molecule has 2 aromatic rings. The van der Waals surface area contributed by atoms with Crippen LogP contribution in [-0.2, 0) is 6.54 Å². The number of furan rings is 1. The van der Waals surface area contributed by atoms with Crippen molar-refractivity contribution in [1.82, 2.24) is 15.0 Å². The van der Waals surface area contributed by atoms with Crippen molar-refractivity contribution in [2.24, 2.45) is 11.7 Å². The second-order valence-corrected chi connectivity index (χ2v) is 5.29. The molecule has 3 heterocycles. The van der Waals surface area contributed by atoms with Gasteiger partial charge in [-0.2, -0.15) is 4.98 Å². The van der Waals surface area contributed by atoms with Crippen molar-refractivity contribution >= 4 is 0 Å². The van der Waals surface area contributed by atoms with E-state index >= 15 is 0 Å². The van der Waals surface area contributed by atoms with E-state index in [4.69, 9.17) is 14.7 Å². The number of piperidine rings is 1. The number of likely N-dealkylation sites (tertiary alicyclic amines) is 1. The van der Waals surface area contributed by atoms with Crippen LogP contribution >= 0.6 is 0 Å². The van der Waals surface area contributed by atoms with Gasteiger partial charge in [-0.15, -0.1) is 0 Å². The van der Waals surface area contributed by atoms with E-state index in [1.54, 1.807) is 6.26 Å². The van der Waals surface area contributed by atoms with E-state index in [-0.39, 0.29) is 0 Å². The molecule has 0 radical (unpaired) electrons. The van der Waals surface area contributed by atoms with E-state index < -0.39 is 0 Å². The molecule has 6 nitrogen and oxygen atoms in total. The third-order valence-electron chi connectivity index (χ3n) is 3.85. The van der Waals surface area contributed by atoms with Gasteiger partial charge in [0.15, 0.2) is 5.76 Å². The largest absolute Gasteiger partial charge is 0.461 e. The quantitative estimate of drug-likeness (QED) is 0.898. The minimum atomic E-state index is 0.517. The van der Waals surface area contributed by atoms with Gasteiger partial charge in [-0.3, -0.25) is 4.90 Å². The van der Waals surface area contributed by atoms with Crippen molar-refractivity contribution in [3.8, 4) is 11.6 Å². The molecule has 3 rings (SSSR count). The summed E-state index contributed by atoms with van der Waals surface area (Å²) in [5.41, 5.74) is 5.61. The summed E-state index contributed by atoms with van der Waals surface area (Å²) in [4.78, 5) is 6.72. The number of hydrogen-bond acceptors (Lipinski definition) is 6. The summed E-state index contributed by atoms with van der Waals surface area (Å²) in [7, 11) is 0. The van der Waals surface area contributed by atoms with Crippen molar-refractivity contribution in [1.29, 1.82) is 0 Å². The lowest BCUT2D eigenvalue weighted by Crippen LogP contribution is -2.33. The first-order chi connectivity index (χ1) is 9.85. The zero-order valence-electron chi connectivity index (χ0n) is 11.5. The zero-order valence-corrected chi connectivity index (χ0v) is 11.5. The van der Waals surface area contributed by atoms with Gasteiger partial charge in [0.1, 0.15) is 0 Å². The highest BCUT2D eigenvalue weighted by molar-refractivity contribution is 5.44. The normalized spacial score (nSPS) is 17.6. The van der Waals surface area contributed by atoms with Crippen LogP contribution in [0.4, 0.5) is 0 Å². The minimum absolute atomic E-state index is 0.517. The molecule has 0 saturated carbocycles. The second kappa shape index (κ2) is 6.19. The molecule has 0 bridgehead atoms. The molecule has 0 unspecified atom stereocenters. The van der Waals surface area contributed by atoms with Crippen molar-refractivity contribution in [2.45, 2.75) is 25.8 Å². The molecule has 1 fully saturated rings.